The fourth-order valence-corrected chi connectivity index (χ4v) is 3.62. The minimum atomic E-state index is 0.0848. The van der Waals surface area contributed by atoms with Crippen molar-refractivity contribution in [3.63, 3.8) is 0 Å². The van der Waals surface area contributed by atoms with Crippen LogP contribution in [0.5, 0.6) is 0 Å². The summed E-state index contributed by atoms with van der Waals surface area (Å²) in [5.41, 5.74) is 0.951. The van der Waals surface area contributed by atoms with Crippen LogP contribution in [-0.2, 0) is 0 Å². The van der Waals surface area contributed by atoms with Gasteiger partial charge in [-0.25, -0.2) is 4.98 Å². The first kappa shape index (κ1) is 15.5. The second-order valence-corrected chi connectivity index (χ2v) is 6.73. The maximum absolute atomic E-state index is 12.6. The van der Waals surface area contributed by atoms with E-state index in [-0.39, 0.29) is 5.91 Å². The lowest BCUT2D eigenvalue weighted by Crippen LogP contribution is -2.48. The van der Waals surface area contributed by atoms with Crippen molar-refractivity contribution in [3.8, 4) is 10.6 Å². The summed E-state index contributed by atoms with van der Waals surface area (Å²) >= 11 is 7.44. The number of rotatable bonds is 3. The Kier molecular flexibility index (Phi) is 4.76. The van der Waals surface area contributed by atoms with Crippen molar-refractivity contribution in [2.45, 2.75) is 6.92 Å². The molecule has 1 fully saturated rings. The molecule has 0 atom stereocenters. The first-order chi connectivity index (χ1) is 10.7. The van der Waals surface area contributed by atoms with E-state index in [0.29, 0.717) is 9.90 Å². The van der Waals surface area contributed by atoms with Gasteiger partial charge in [0.05, 0.1) is 6.20 Å². The van der Waals surface area contributed by atoms with E-state index < -0.39 is 0 Å². The first-order valence-electron chi connectivity index (χ1n) is 7.41. The molecule has 22 heavy (non-hydrogen) atoms. The zero-order chi connectivity index (χ0) is 15.5. The fraction of sp³-hybridized carbons (Fsp3) is 0.375. The Morgan fingerprint density at radius 3 is 2.77 bits per heavy atom. The Hall–Kier alpha value is -1.43. The summed E-state index contributed by atoms with van der Waals surface area (Å²) in [5.74, 6) is 0.0848. The molecule has 1 aromatic heterocycles. The van der Waals surface area contributed by atoms with Crippen LogP contribution < -0.4 is 0 Å². The van der Waals surface area contributed by atoms with Gasteiger partial charge in [-0.3, -0.25) is 4.79 Å². The molecule has 3 rings (SSSR count). The van der Waals surface area contributed by atoms with Crippen LogP contribution in [-0.4, -0.2) is 53.4 Å². The molecule has 1 aliphatic heterocycles. The van der Waals surface area contributed by atoms with E-state index in [9.17, 15) is 4.79 Å². The molecule has 4 nitrogen and oxygen atoms in total. The van der Waals surface area contributed by atoms with Gasteiger partial charge in [-0.1, -0.05) is 30.7 Å². The smallest absolute Gasteiger partial charge is 0.265 e. The standard InChI is InChI=1S/C16H18ClN3OS/c1-2-19-6-8-20(9-7-19)16(21)14-11-18-15(22-14)12-4-3-5-13(17)10-12/h3-5,10-11H,2,6-9H2,1H3. The van der Waals surface area contributed by atoms with Crippen molar-refractivity contribution in [2.75, 3.05) is 32.7 Å². The van der Waals surface area contributed by atoms with E-state index >= 15 is 0 Å². The minimum absolute atomic E-state index is 0.0848. The van der Waals surface area contributed by atoms with E-state index in [4.69, 9.17) is 11.6 Å². The fourth-order valence-electron chi connectivity index (χ4n) is 2.55. The van der Waals surface area contributed by atoms with Gasteiger partial charge in [0.15, 0.2) is 0 Å². The number of carbonyl (C=O) groups excluding carboxylic acids is 1. The van der Waals surface area contributed by atoms with E-state index in [1.807, 2.05) is 29.2 Å². The third kappa shape index (κ3) is 3.32. The van der Waals surface area contributed by atoms with Crippen LogP contribution >= 0.6 is 22.9 Å². The molecular formula is C16H18ClN3OS. The summed E-state index contributed by atoms with van der Waals surface area (Å²) < 4.78 is 0. The third-order valence-electron chi connectivity index (χ3n) is 3.89. The Morgan fingerprint density at radius 2 is 2.09 bits per heavy atom. The topological polar surface area (TPSA) is 36.4 Å². The number of likely N-dealkylation sites (N-methyl/N-ethyl adjacent to an activating group) is 1. The van der Waals surface area contributed by atoms with E-state index in [2.05, 4.69) is 16.8 Å². The number of aromatic nitrogens is 1. The number of benzene rings is 1. The molecule has 6 heteroatoms. The number of hydrogen-bond acceptors (Lipinski definition) is 4. The highest BCUT2D eigenvalue weighted by molar-refractivity contribution is 7.16. The predicted molar refractivity (Wildman–Crippen MR) is 90.6 cm³/mol. The lowest BCUT2D eigenvalue weighted by molar-refractivity contribution is 0.0648. The van der Waals surface area contributed by atoms with E-state index in [1.54, 1.807) is 6.20 Å². The summed E-state index contributed by atoms with van der Waals surface area (Å²) in [6.45, 7) is 6.66. The van der Waals surface area contributed by atoms with Crippen LogP contribution in [0.25, 0.3) is 10.6 Å². The van der Waals surface area contributed by atoms with E-state index in [1.165, 1.54) is 11.3 Å². The van der Waals surface area contributed by atoms with Crippen LogP contribution in [0.1, 0.15) is 16.6 Å². The van der Waals surface area contributed by atoms with Gasteiger partial charge >= 0.3 is 0 Å². The minimum Gasteiger partial charge on any atom is -0.335 e. The molecule has 2 heterocycles. The lowest BCUT2D eigenvalue weighted by Gasteiger charge is -2.33. The molecule has 0 N–H and O–H groups in total. The Labute approximate surface area is 139 Å². The lowest BCUT2D eigenvalue weighted by atomic mass is 10.2. The van der Waals surface area contributed by atoms with Crippen LogP contribution in [0.3, 0.4) is 0 Å². The summed E-state index contributed by atoms with van der Waals surface area (Å²) in [5, 5.41) is 1.51. The molecule has 0 aliphatic carbocycles. The predicted octanol–water partition coefficient (Wildman–Crippen LogP) is 3.24. The average molecular weight is 336 g/mol. The van der Waals surface area contributed by atoms with Gasteiger partial charge in [0.1, 0.15) is 9.88 Å². The zero-order valence-electron chi connectivity index (χ0n) is 12.5. The number of hydrogen-bond donors (Lipinski definition) is 0. The van der Waals surface area contributed by atoms with Crippen LogP contribution in [0, 0.1) is 0 Å². The second kappa shape index (κ2) is 6.77. The third-order valence-corrected chi connectivity index (χ3v) is 5.16. The van der Waals surface area contributed by atoms with Crippen molar-refractivity contribution < 1.29 is 4.79 Å². The van der Waals surface area contributed by atoms with Crippen molar-refractivity contribution in [1.29, 1.82) is 0 Å². The highest BCUT2D eigenvalue weighted by atomic mass is 35.5. The monoisotopic (exact) mass is 335 g/mol. The molecule has 0 bridgehead atoms. The second-order valence-electron chi connectivity index (χ2n) is 5.27. The Balaban J connectivity index is 1.72. The number of nitrogens with zero attached hydrogens (tertiary/aromatic N) is 3. The van der Waals surface area contributed by atoms with Gasteiger partial charge in [0, 0.05) is 36.8 Å². The van der Waals surface area contributed by atoms with Crippen molar-refractivity contribution in [2.24, 2.45) is 0 Å². The van der Waals surface area contributed by atoms with Crippen molar-refractivity contribution >= 4 is 28.8 Å². The van der Waals surface area contributed by atoms with E-state index in [0.717, 1.165) is 43.3 Å². The number of halogens is 1. The normalized spacial score (nSPS) is 16.0. The van der Waals surface area contributed by atoms with Crippen molar-refractivity contribution in [1.82, 2.24) is 14.8 Å². The molecule has 0 radical (unpaired) electrons. The maximum Gasteiger partial charge on any atom is 0.265 e. The highest BCUT2D eigenvalue weighted by Crippen LogP contribution is 2.28. The summed E-state index contributed by atoms with van der Waals surface area (Å²) in [6.07, 6.45) is 1.68. The van der Waals surface area contributed by atoms with Crippen LogP contribution in [0.2, 0.25) is 5.02 Å². The van der Waals surface area contributed by atoms with Crippen molar-refractivity contribution in [3.05, 3.63) is 40.4 Å². The molecule has 1 aromatic carbocycles. The molecule has 0 saturated carbocycles. The quantitative estimate of drug-likeness (QED) is 0.864. The molecule has 2 aromatic rings. The summed E-state index contributed by atoms with van der Waals surface area (Å²) in [6, 6.07) is 7.55. The van der Waals surface area contributed by atoms with Gasteiger partial charge in [-0.05, 0) is 18.7 Å². The molecular weight excluding hydrogens is 318 g/mol. The molecule has 0 unspecified atom stereocenters. The number of piperazine rings is 1. The van der Waals surface area contributed by atoms with Crippen LogP contribution in [0.4, 0.5) is 0 Å². The van der Waals surface area contributed by atoms with Gasteiger partial charge < -0.3 is 9.80 Å². The van der Waals surface area contributed by atoms with Gasteiger partial charge in [-0.15, -0.1) is 11.3 Å². The summed E-state index contributed by atoms with van der Waals surface area (Å²) in [7, 11) is 0. The summed E-state index contributed by atoms with van der Waals surface area (Å²) in [4.78, 5) is 21.9. The van der Waals surface area contributed by atoms with Gasteiger partial charge in [-0.2, -0.15) is 0 Å². The SMILES string of the molecule is CCN1CCN(C(=O)c2cnc(-c3cccc(Cl)c3)s2)CC1. The molecule has 1 amide bonds. The van der Waals surface area contributed by atoms with Gasteiger partial charge in [0.2, 0.25) is 0 Å². The molecule has 1 saturated heterocycles. The Bertz CT molecular complexity index is 665. The first-order valence-corrected chi connectivity index (χ1v) is 8.60. The number of amides is 1. The molecule has 0 spiro atoms. The van der Waals surface area contributed by atoms with Crippen LogP contribution in [0.15, 0.2) is 30.5 Å². The zero-order valence-corrected chi connectivity index (χ0v) is 14.0. The average Bonchev–Trinajstić information content (AvgIpc) is 3.04. The Morgan fingerprint density at radius 1 is 1.32 bits per heavy atom. The highest BCUT2D eigenvalue weighted by Gasteiger charge is 2.23. The molecule has 1 aliphatic rings. The number of thiazole rings is 1. The molecule has 116 valence electrons. The number of carbonyl (C=O) groups is 1. The largest absolute Gasteiger partial charge is 0.335 e. The van der Waals surface area contributed by atoms with Gasteiger partial charge in [0.25, 0.3) is 5.91 Å². The maximum atomic E-state index is 12.6.